The van der Waals surface area contributed by atoms with E-state index in [2.05, 4.69) is 0 Å². The van der Waals surface area contributed by atoms with Gasteiger partial charge in [0.15, 0.2) is 5.78 Å². The smallest absolute Gasteiger partial charge is 0.164 e. The molecule has 21 heavy (non-hydrogen) atoms. The molecule has 0 saturated heterocycles. The molecule has 0 amide bonds. The van der Waals surface area contributed by atoms with Gasteiger partial charge in [0.25, 0.3) is 0 Å². The highest BCUT2D eigenvalue weighted by molar-refractivity contribution is 6.30. The molecule has 0 bridgehead atoms. The number of anilines is 1. The fourth-order valence-electron chi connectivity index (χ4n) is 2.35. The minimum absolute atomic E-state index is 0.0383. The summed E-state index contributed by atoms with van der Waals surface area (Å²) < 4.78 is 13.9. The van der Waals surface area contributed by atoms with Crippen LogP contribution in [0, 0.1) is 5.82 Å². The zero-order valence-corrected chi connectivity index (χ0v) is 13.0. The molecule has 0 aliphatic heterocycles. The summed E-state index contributed by atoms with van der Waals surface area (Å²) in [5.41, 5.74) is 1.70. The summed E-state index contributed by atoms with van der Waals surface area (Å²) >= 11 is 6.01. The Morgan fingerprint density at radius 1 is 1.24 bits per heavy atom. The molecule has 4 heteroatoms. The molecule has 0 saturated carbocycles. The number of ketones is 1. The Morgan fingerprint density at radius 3 is 2.52 bits per heavy atom. The molecule has 2 aromatic carbocycles. The van der Waals surface area contributed by atoms with Crippen LogP contribution in [0.25, 0.3) is 0 Å². The van der Waals surface area contributed by atoms with Crippen LogP contribution in [0.15, 0.2) is 42.5 Å². The number of carbonyl (C=O) groups is 1. The van der Waals surface area contributed by atoms with Crippen LogP contribution < -0.4 is 4.90 Å². The summed E-state index contributed by atoms with van der Waals surface area (Å²) in [4.78, 5) is 13.6. The topological polar surface area (TPSA) is 20.3 Å². The second-order valence-corrected chi connectivity index (χ2v) is 5.47. The molecule has 0 aliphatic rings. The third-order valence-electron chi connectivity index (χ3n) is 3.64. The van der Waals surface area contributed by atoms with Crippen molar-refractivity contribution in [2.45, 2.75) is 19.9 Å². The highest BCUT2D eigenvalue weighted by Gasteiger charge is 2.20. The van der Waals surface area contributed by atoms with E-state index in [1.165, 1.54) is 13.0 Å². The monoisotopic (exact) mass is 305 g/mol. The molecule has 0 fully saturated rings. The van der Waals surface area contributed by atoms with Gasteiger partial charge in [-0.15, -0.1) is 0 Å². The lowest BCUT2D eigenvalue weighted by Gasteiger charge is -2.29. The zero-order valence-electron chi connectivity index (χ0n) is 12.2. The van der Waals surface area contributed by atoms with E-state index in [4.69, 9.17) is 11.6 Å². The molecule has 2 rings (SSSR count). The van der Waals surface area contributed by atoms with E-state index < -0.39 is 5.82 Å². The molecule has 1 unspecified atom stereocenters. The maximum Gasteiger partial charge on any atom is 0.164 e. The van der Waals surface area contributed by atoms with Gasteiger partial charge in [0.05, 0.1) is 17.3 Å². The van der Waals surface area contributed by atoms with Crippen molar-refractivity contribution >= 4 is 23.1 Å². The summed E-state index contributed by atoms with van der Waals surface area (Å²) in [5, 5.41) is 0.652. The van der Waals surface area contributed by atoms with Gasteiger partial charge in [-0.2, -0.15) is 0 Å². The van der Waals surface area contributed by atoms with Gasteiger partial charge in [0.2, 0.25) is 0 Å². The Bertz CT molecular complexity index is 672. The molecular weight excluding hydrogens is 289 g/mol. The van der Waals surface area contributed by atoms with E-state index in [9.17, 15) is 9.18 Å². The molecule has 0 aromatic heterocycles. The van der Waals surface area contributed by atoms with Crippen LogP contribution in [0.3, 0.4) is 0 Å². The van der Waals surface area contributed by atoms with Gasteiger partial charge in [-0.25, -0.2) is 4.39 Å². The molecule has 0 N–H and O–H groups in total. The van der Waals surface area contributed by atoms with Crippen molar-refractivity contribution < 1.29 is 9.18 Å². The first-order valence-electron chi connectivity index (χ1n) is 6.69. The van der Waals surface area contributed by atoms with Gasteiger partial charge in [0.1, 0.15) is 5.82 Å². The molecule has 1 atom stereocenters. The van der Waals surface area contributed by atoms with Gasteiger partial charge in [-0.05, 0) is 43.7 Å². The number of benzene rings is 2. The zero-order chi connectivity index (χ0) is 15.6. The second kappa shape index (κ2) is 6.27. The maximum absolute atomic E-state index is 13.9. The number of halogens is 2. The van der Waals surface area contributed by atoms with Crippen LogP contribution in [-0.4, -0.2) is 12.8 Å². The number of nitrogens with zero attached hydrogens (tertiary/aromatic N) is 1. The predicted octanol–water partition coefficient (Wildman–Crippen LogP) is 4.88. The van der Waals surface area contributed by atoms with Crippen molar-refractivity contribution in [3.8, 4) is 0 Å². The molecule has 2 nitrogen and oxygen atoms in total. The first kappa shape index (κ1) is 15.5. The maximum atomic E-state index is 13.9. The van der Waals surface area contributed by atoms with Crippen LogP contribution in [0.4, 0.5) is 10.1 Å². The second-order valence-electron chi connectivity index (χ2n) is 5.03. The van der Waals surface area contributed by atoms with E-state index in [-0.39, 0.29) is 17.4 Å². The van der Waals surface area contributed by atoms with Crippen molar-refractivity contribution in [3.05, 3.63) is 64.4 Å². The molecular formula is C17H17ClFNO. The van der Waals surface area contributed by atoms with Gasteiger partial charge >= 0.3 is 0 Å². The summed E-state index contributed by atoms with van der Waals surface area (Å²) in [6, 6.07) is 12.1. The standard InChI is InChI=1S/C17H17ClFNO/c1-11(13-6-4-7-14(18)10-13)20(3)16-9-5-8-15(19)17(16)12(2)21/h4-11H,1-3H3. The lowest BCUT2D eigenvalue weighted by molar-refractivity contribution is 0.101. The van der Waals surface area contributed by atoms with Crippen LogP contribution in [-0.2, 0) is 0 Å². The highest BCUT2D eigenvalue weighted by atomic mass is 35.5. The van der Waals surface area contributed by atoms with Crippen LogP contribution in [0.1, 0.15) is 35.8 Å². The Hall–Kier alpha value is -1.87. The third kappa shape index (κ3) is 3.24. The lowest BCUT2D eigenvalue weighted by atomic mass is 10.0. The predicted molar refractivity (Wildman–Crippen MR) is 84.7 cm³/mol. The lowest BCUT2D eigenvalue weighted by Crippen LogP contribution is -2.24. The van der Waals surface area contributed by atoms with Crippen molar-refractivity contribution in [1.82, 2.24) is 0 Å². The number of carbonyl (C=O) groups excluding carboxylic acids is 1. The summed E-state index contributed by atoms with van der Waals surface area (Å²) in [6.45, 7) is 3.36. The SMILES string of the molecule is CC(=O)c1c(F)cccc1N(C)C(C)c1cccc(Cl)c1. The number of hydrogen-bond donors (Lipinski definition) is 0. The molecule has 0 spiro atoms. The van der Waals surface area contributed by atoms with E-state index >= 15 is 0 Å². The highest BCUT2D eigenvalue weighted by Crippen LogP contribution is 2.30. The quantitative estimate of drug-likeness (QED) is 0.750. The Kier molecular flexibility index (Phi) is 4.63. The number of rotatable bonds is 4. The fraction of sp³-hybridized carbons (Fsp3) is 0.235. The molecule has 0 aliphatic carbocycles. The fourth-order valence-corrected chi connectivity index (χ4v) is 2.55. The molecule has 0 radical (unpaired) electrons. The van der Waals surface area contributed by atoms with Crippen molar-refractivity contribution in [1.29, 1.82) is 0 Å². The summed E-state index contributed by atoms with van der Waals surface area (Å²) in [5.74, 6) is -0.779. The summed E-state index contributed by atoms with van der Waals surface area (Å²) in [6.07, 6.45) is 0. The molecule has 0 heterocycles. The van der Waals surface area contributed by atoms with E-state index in [1.54, 1.807) is 18.2 Å². The minimum Gasteiger partial charge on any atom is -0.367 e. The van der Waals surface area contributed by atoms with E-state index in [0.717, 1.165) is 5.56 Å². The van der Waals surface area contributed by atoms with E-state index in [1.807, 2.05) is 37.1 Å². The average Bonchev–Trinajstić information content (AvgIpc) is 2.45. The number of hydrogen-bond acceptors (Lipinski definition) is 2. The Labute approximate surface area is 129 Å². The van der Waals surface area contributed by atoms with E-state index in [0.29, 0.717) is 10.7 Å². The normalized spacial score (nSPS) is 12.0. The first-order chi connectivity index (χ1) is 9.91. The summed E-state index contributed by atoms with van der Waals surface area (Å²) in [7, 11) is 1.84. The Balaban J connectivity index is 2.43. The van der Waals surface area contributed by atoms with Crippen LogP contribution in [0.5, 0.6) is 0 Å². The largest absolute Gasteiger partial charge is 0.367 e. The van der Waals surface area contributed by atoms with Crippen molar-refractivity contribution in [3.63, 3.8) is 0 Å². The average molecular weight is 306 g/mol. The van der Waals surface area contributed by atoms with Gasteiger partial charge in [0, 0.05) is 12.1 Å². The molecule has 2 aromatic rings. The first-order valence-corrected chi connectivity index (χ1v) is 7.07. The van der Waals surface area contributed by atoms with Crippen LogP contribution >= 0.6 is 11.6 Å². The van der Waals surface area contributed by atoms with Crippen molar-refractivity contribution in [2.75, 3.05) is 11.9 Å². The molecule has 110 valence electrons. The Morgan fingerprint density at radius 2 is 1.90 bits per heavy atom. The third-order valence-corrected chi connectivity index (χ3v) is 3.87. The number of Topliss-reactive ketones (excluding diaryl/α,β-unsaturated/α-hetero) is 1. The van der Waals surface area contributed by atoms with Crippen LogP contribution in [0.2, 0.25) is 5.02 Å². The van der Waals surface area contributed by atoms with Gasteiger partial charge < -0.3 is 4.90 Å². The minimum atomic E-state index is -0.495. The van der Waals surface area contributed by atoms with Gasteiger partial charge in [-0.3, -0.25) is 4.79 Å². The van der Waals surface area contributed by atoms with Gasteiger partial charge in [-0.1, -0.05) is 29.8 Å². The van der Waals surface area contributed by atoms with Crippen molar-refractivity contribution in [2.24, 2.45) is 0 Å².